The van der Waals surface area contributed by atoms with E-state index < -0.39 is 0 Å². The smallest absolute Gasteiger partial charge is 0.244 e. The van der Waals surface area contributed by atoms with Crippen LogP contribution in [0.15, 0.2) is 18.2 Å². The topological polar surface area (TPSA) is 32.3 Å². The van der Waals surface area contributed by atoms with E-state index in [0.29, 0.717) is 22.3 Å². The lowest BCUT2D eigenvalue weighted by molar-refractivity contribution is -0.118. The number of hydrogen-bond donors (Lipinski definition) is 1. The first-order chi connectivity index (χ1) is 8.50. The molecule has 1 aromatic carbocycles. The van der Waals surface area contributed by atoms with Crippen LogP contribution in [0, 0.1) is 0 Å². The van der Waals surface area contributed by atoms with E-state index >= 15 is 0 Å². The van der Waals surface area contributed by atoms with Gasteiger partial charge in [-0.05, 0) is 18.6 Å². The number of carbonyl (C=O) groups is 1. The molecule has 1 saturated heterocycles. The maximum atomic E-state index is 12.3. The molecule has 18 heavy (non-hydrogen) atoms. The van der Waals surface area contributed by atoms with Gasteiger partial charge < -0.3 is 10.2 Å². The average molecular weight is 287 g/mol. The van der Waals surface area contributed by atoms with Crippen molar-refractivity contribution in [3.8, 4) is 0 Å². The number of amides is 1. The maximum absolute atomic E-state index is 12.3. The fourth-order valence-electron chi connectivity index (χ4n) is 2.21. The van der Waals surface area contributed by atoms with Crippen LogP contribution in [0.3, 0.4) is 0 Å². The second kappa shape index (κ2) is 5.47. The van der Waals surface area contributed by atoms with Gasteiger partial charge in [-0.15, -0.1) is 0 Å². The highest BCUT2D eigenvalue weighted by atomic mass is 35.5. The summed E-state index contributed by atoms with van der Waals surface area (Å²) in [7, 11) is 0. The van der Waals surface area contributed by atoms with Crippen LogP contribution < -0.4 is 10.2 Å². The van der Waals surface area contributed by atoms with Crippen LogP contribution >= 0.6 is 23.2 Å². The van der Waals surface area contributed by atoms with E-state index in [1.807, 2.05) is 13.8 Å². The minimum Gasteiger partial charge on any atom is -0.308 e. The van der Waals surface area contributed by atoms with Crippen LogP contribution in [0.1, 0.15) is 20.3 Å². The van der Waals surface area contributed by atoms with E-state index in [1.165, 1.54) is 0 Å². The largest absolute Gasteiger partial charge is 0.308 e. The van der Waals surface area contributed by atoms with E-state index in [2.05, 4.69) is 5.32 Å². The Bertz CT molecular complexity index is 442. The summed E-state index contributed by atoms with van der Waals surface area (Å²) in [6, 6.07) is 5.41. The Labute approximate surface area is 117 Å². The van der Waals surface area contributed by atoms with Crippen molar-refractivity contribution >= 4 is 34.8 Å². The molecule has 0 saturated carbocycles. The Morgan fingerprint density at radius 2 is 1.94 bits per heavy atom. The lowest BCUT2D eigenvalue weighted by atomic mass is 10.2. The summed E-state index contributed by atoms with van der Waals surface area (Å²) in [5, 5.41) is 4.28. The van der Waals surface area contributed by atoms with Crippen molar-refractivity contribution < 1.29 is 4.79 Å². The molecule has 2 rings (SSSR count). The van der Waals surface area contributed by atoms with E-state index in [4.69, 9.17) is 23.2 Å². The molecule has 0 radical (unpaired) electrons. The van der Waals surface area contributed by atoms with Gasteiger partial charge in [0.05, 0.1) is 21.8 Å². The van der Waals surface area contributed by atoms with Gasteiger partial charge in [-0.3, -0.25) is 4.79 Å². The molecule has 0 spiro atoms. The van der Waals surface area contributed by atoms with Crippen molar-refractivity contribution in [3.05, 3.63) is 28.2 Å². The monoisotopic (exact) mass is 286 g/mol. The highest BCUT2D eigenvalue weighted by molar-refractivity contribution is 6.40. The van der Waals surface area contributed by atoms with E-state index in [0.717, 1.165) is 6.42 Å². The van der Waals surface area contributed by atoms with Crippen molar-refractivity contribution in [1.29, 1.82) is 0 Å². The number of hydrogen-bond acceptors (Lipinski definition) is 2. The van der Waals surface area contributed by atoms with Gasteiger partial charge in [-0.1, -0.05) is 43.1 Å². The van der Waals surface area contributed by atoms with Crippen LogP contribution in [0.4, 0.5) is 5.69 Å². The van der Waals surface area contributed by atoms with Crippen molar-refractivity contribution in [2.75, 3.05) is 11.4 Å². The summed E-state index contributed by atoms with van der Waals surface area (Å²) in [4.78, 5) is 14.0. The van der Waals surface area contributed by atoms with Gasteiger partial charge in [-0.25, -0.2) is 0 Å². The summed E-state index contributed by atoms with van der Waals surface area (Å²) in [6.07, 6.45) is 0.776. The van der Waals surface area contributed by atoms with Crippen LogP contribution in [0.5, 0.6) is 0 Å². The van der Waals surface area contributed by atoms with E-state index in [1.54, 1.807) is 23.1 Å². The zero-order chi connectivity index (χ0) is 13.3. The normalized spacial score (nSPS) is 19.9. The SMILES string of the molecule is CC(C)NC1CCN(c2c(Cl)cccc2Cl)C1=O. The summed E-state index contributed by atoms with van der Waals surface area (Å²) < 4.78 is 0. The fourth-order valence-corrected chi connectivity index (χ4v) is 2.81. The molecule has 0 aliphatic carbocycles. The summed E-state index contributed by atoms with van der Waals surface area (Å²) in [6.45, 7) is 4.70. The molecule has 1 aliphatic heterocycles. The van der Waals surface area contributed by atoms with Crippen LogP contribution in [0.2, 0.25) is 10.0 Å². The van der Waals surface area contributed by atoms with Crippen molar-refractivity contribution in [2.24, 2.45) is 0 Å². The number of halogens is 2. The number of carbonyl (C=O) groups excluding carboxylic acids is 1. The Morgan fingerprint density at radius 1 is 1.33 bits per heavy atom. The second-order valence-electron chi connectivity index (χ2n) is 4.72. The lowest BCUT2D eigenvalue weighted by Gasteiger charge is -2.20. The Morgan fingerprint density at radius 3 is 2.50 bits per heavy atom. The molecular weight excluding hydrogens is 271 g/mol. The average Bonchev–Trinajstić information content (AvgIpc) is 2.61. The predicted molar refractivity (Wildman–Crippen MR) is 75.5 cm³/mol. The number of rotatable bonds is 3. The molecule has 1 unspecified atom stereocenters. The molecule has 1 aliphatic rings. The summed E-state index contributed by atoms with van der Waals surface area (Å²) in [5.74, 6) is 0.0405. The van der Waals surface area contributed by atoms with Gasteiger partial charge >= 0.3 is 0 Å². The van der Waals surface area contributed by atoms with Crippen molar-refractivity contribution in [1.82, 2.24) is 5.32 Å². The third-order valence-electron chi connectivity index (χ3n) is 2.95. The minimum absolute atomic E-state index is 0.0405. The first kappa shape index (κ1) is 13.7. The zero-order valence-corrected chi connectivity index (χ0v) is 11.9. The van der Waals surface area contributed by atoms with Crippen LogP contribution in [-0.2, 0) is 4.79 Å². The molecule has 0 aromatic heterocycles. The zero-order valence-electron chi connectivity index (χ0n) is 10.4. The highest BCUT2D eigenvalue weighted by Gasteiger charge is 2.34. The Hall–Kier alpha value is -0.770. The molecule has 0 bridgehead atoms. The maximum Gasteiger partial charge on any atom is 0.244 e. The molecule has 1 fully saturated rings. The number of nitrogens with one attached hydrogen (secondary N) is 1. The van der Waals surface area contributed by atoms with Crippen LogP contribution in [-0.4, -0.2) is 24.5 Å². The number of nitrogens with zero attached hydrogens (tertiary/aromatic N) is 1. The third-order valence-corrected chi connectivity index (χ3v) is 3.56. The molecule has 1 aromatic rings. The second-order valence-corrected chi connectivity index (χ2v) is 5.54. The van der Waals surface area contributed by atoms with Gasteiger partial charge in [0.25, 0.3) is 0 Å². The number of benzene rings is 1. The summed E-state index contributed by atoms with van der Waals surface area (Å²) >= 11 is 12.3. The lowest BCUT2D eigenvalue weighted by Crippen LogP contribution is -2.41. The molecule has 1 heterocycles. The molecule has 3 nitrogen and oxygen atoms in total. The molecule has 5 heteroatoms. The van der Waals surface area contributed by atoms with E-state index in [-0.39, 0.29) is 18.0 Å². The molecule has 1 amide bonds. The van der Waals surface area contributed by atoms with Gasteiger partial charge in [0.15, 0.2) is 0 Å². The predicted octanol–water partition coefficient (Wildman–Crippen LogP) is 3.10. The van der Waals surface area contributed by atoms with Gasteiger partial charge in [0.1, 0.15) is 0 Å². The standard InChI is InChI=1S/C13H16Cl2N2O/c1-8(2)16-11-6-7-17(13(11)18)12-9(14)4-3-5-10(12)15/h3-5,8,11,16H,6-7H2,1-2H3. The number of anilines is 1. The van der Waals surface area contributed by atoms with Crippen LogP contribution in [0.25, 0.3) is 0 Å². The van der Waals surface area contributed by atoms with Crippen molar-refractivity contribution in [2.45, 2.75) is 32.4 Å². The minimum atomic E-state index is -0.141. The highest BCUT2D eigenvalue weighted by Crippen LogP contribution is 2.35. The van der Waals surface area contributed by atoms with Gasteiger partial charge in [-0.2, -0.15) is 0 Å². The molecule has 1 N–H and O–H groups in total. The molecular formula is C13H16Cl2N2O. The summed E-state index contributed by atoms with van der Waals surface area (Å²) in [5.41, 5.74) is 0.624. The Balaban J connectivity index is 2.23. The first-order valence-corrected chi connectivity index (χ1v) is 6.77. The quantitative estimate of drug-likeness (QED) is 0.926. The van der Waals surface area contributed by atoms with Gasteiger partial charge in [0.2, 0.25) is 5.91 Å². The molecule has 98 valence electrons. The fraction of sp³-hybridized carbons (Fsp3) is 0.462. The number of para-hydroxylation sites is 1. The Kier molecular flexibility index (Phi) is 4.15. The van der Waals surface area contributed by atoms with E-state index in [9.17, 15) is 4.79 Å². The van der Waals surface area contributed by atoms with Gasteiger partial charge in [0, 0.05) is 12.6 Å². The first-order valence-electron chi connectivity index (χ1n) is 6.02. The molecule has 1 atom stereocenters. The third kappa shape index (κ3) is 2.63. The van der Waals surface area contributed by atoms with Crippen molar-refractivity contribution in [3.63, 3.8) is 0 Å².